The molecular weight excluding hydrogens is 124 g/mol. The van der Waals surface area contributed by atoms with Crippen LogP contribution >= 0.6 is 0 Å². The molecule has 0 aliphatic heterocycles. The highest BCUT2D eigenvalue weighted by atomic mass is 32.2. The van der Waals surface area contributed by atoms with Gasteiger partial charge in [0.05, 0.1) is 11.4 Å². The van der Waals surface area contributed by atoms with Crippen molar-refractivity contribution in [2.24, 2.45) is 0 Å². The molecule has 0 aromatic heterocycles. The molecule has 0 heterocycles. The summed E-state index contributed by atoms with van der Waals surface area (Å²) in [5.74, 6) is 0. The van der Waals surface area contributed by atoms with Crippen LogP contribution in [0.15, 0.2) is 0 Å². The van der Waals surface area contributed by atoms with Gasteiger partial charge in [-0.1, -0.05) is 0 Å². The first kappa shape index (κ1) is 8.11. The predicted molar refractivity (Wildman–Crippen MR) is 35.2 cm³/mol. The first-order chi connectivity index (χ1) is 3.55. The summed E-state index contributed by atoms with van der Waals surface area (Å²) >= 11 is 0. The number of aliphatic hydroxyl groups is 1. The van der Waals surface area contributed by atoms with Crippen LogP contribution in [0.1, 0.15) is 13.8 Å². The average molecular weight is 136 g/mol. The smallest absolute Gasteiger partial charge is 0.0652 e. The van der Waals surface area contributed by atoms with E-state index in [4.69, 9.17) is 5.11 Å². The van der Waals surface area contributed by atoms with Crippen LogP contribution in [0.25, 0.3) is 0 Å². The van der Waals surface area contributed by atoms with Crippen LogP contribution in [0.5, 0.6) is 0 Å². The molecule has 0 bridgehead atoms. The molecule has 0 spiro atoms. The molecule has 0 saturated carbocycles. The zero-order valence-corrected chi connectivity index (χ0v) is 6.23. The summed E-state index contributed by atoms with van der Waals surface area (Å²) in [7, 11) is -0.890. The minimum absolute atomic E-state index is 0.102. The lowest BCUT2D eigenvalue weighted by Crippen LogP contribution is -2.23. The number of hydrogen-bond acceptors (Lipinski definition) is 2. The fraction of sp³-hybridized carbons (Fsp3) is 1.00. The van der Waals surface area contributed by atoms with Gasteiger partial charge < -0.3 is 5.11 Å². The van der Waals surface area contributed by atoms with E-state index in [-0.39, 0.29) is 5.25 Å². The highest BCUT2D eigenvalue weighted by molar-refractivity contribution is 7.84. The monoisotopic (exact) mass is 136 g/mol. The quantitative estimate of drug-likeness (QED) is 0.586. The van der Waals surface area contributed by atoms with Gasteiger partial charge in [-0.25, -0.2) is 0 Å². The Morgan fingerprint density at radius 2 is 1.88 bits per heavy atom. The van der Waals surface area contributed by atoms with Gasteiger partial charge in [-0.15, -0.1) is 0 Å². The molecule has 8 heavy (non-hydrogen) atoms. The van der Waals surface area contributed by atoms with Crippen molar-refractivity contribution >= 4 is 10.8 Å². The van der Waals surface area contributed by atoms with Crippen LogP contribution in [0.3, 0.4) is 0 Å². The molecule has 3 heteroatoms. The summed E-state index contributed by atoms with van der Waals surface area (Å²) in [4.78, 5) is 0. The number of rotatable bonds is 2. The molecule has 2 nitrogen and oxygen atoms in total. The molecule has 1 unspecified atom stereocenters. The van der Waals surface area contributed by atoms with Crippen molar-refractivity contribution in [1.82, 2.24) is 0 Å². The Morgan fingerprint density at radius 3 is 1.88 bits per heavy atom. The summed E-state index contributed by atoms with van der Waals surface area (Å²) in [6.45, 7) is 3.41. The molecule has 0 aliphatic rings. The molecule has 0 saturated heterocycles. The third-order valence-electron chi connectivity index (χ3n) is 1.20. The van der Waals surface area contributed by atoms with Gasteiger partial charge in [0.1, 0.15) is 0 Å². The van der Waals surface area contributed by atoms with Gasteiger partial charge in [0.2, 0.25) is 0 Å². The third-order valence-corrected chi connectivity index (χ3v) is 2.64. The molecule has 0 radical (unpaired) electrons. The standard InChI is InChI=1S/C5H12O2S/c1-4(6)5(2)8(3)7/h4-6H,1-3H3/t4-,5+,8?/m0/s1. The van der Waals surface area contributed by atoms with E-state index >= 15 is 0 Å². The summed E-state index contributed by atoms with van der Waals surface area (Å²) < 4.78 is 10.5. The largest absolute Gasteiger partial charge is 0.392 e. The SMILES string of the molecule is C[C@H](O)[C@@H](C)S(C)=O. The molecule has 50 valence electrons. The van der Waals surface area contributed by atoms with Crippen LogP contribution < -0.4 is 0 Å². The molecule has 0 rings (SSSR count). The maximum Gasteiger partial charge on any atom is 0.0652 e. The Bertz CT molecular complexity index is 90.4. The fourth-order valence-corrected chi connectivity index (χ4v) is 0.832. The molecule has 0 aliphatic carbocycles. The maximum absolute atomic E-state index is 10.5. The van der Waals surface area contributed by atoms with Crippen LogP contribution in [0, 0.1) is 0 Å². The maximum atomic E-state index is 10.5. The molecule has 1 N–H and O–H groups in total. The average Bonchev–Trinajstić information content (AvgIpc) is 1.64. The predicted octanol–water partition coefficient (Wildman–Crippen LogP) is 0.134. The Hall–Kier alpha value is 0.110. The Kier molecular flexibility index (Phi) is 3.24. The molecule has 0 amide bonds. The van der Waals surface area contributed by atoms with Crippen molar-refractivity contribution in [2.45, 2.75) is 25.2 Å². The lowest BCUT2D eigenvalue weighted by atomic mass is 10.3. The van der Waals surface area contributed by atoms with Gasteiger partial charge in [-0.2, -0.15) is 0 Å². The van der Waals surface area contributed by atoms with E-state index in [1.54, 1.807) is 20.1 Å². The van der Waals surface area contributed by atoms with Gasteiger partial charge in [-0.05, 0) is 13.8 Å². The van der Waals surface area contributed by atoms with Crippen molar-refractivity contribution in [2.75, 3.05) is 6.26 Å². The first-order valence-corrected chi connectivity index (χ1v) is 4.18. The second-order valence-electron chi connectivity index (χ2n) is 1.94. The normalized spacial score (nSPS) is 22.0. The van der Waals surface area contributed by atoms with Gasteiger partial charge >= 0.3 is 0 Å². The molecule has 0 aromatic rings. The van der Waals surface area contributed by atoms with Crippen molar-refractivity contribution in [1.29, 1.82) is 0 Å². The van der Waals surface area contributed by atoms with E-state index < -0.39 is 16.9 Å². The third kappa shape index (κ3) is 2.43. The molecule has 0 fully saturated rings. The summed E-state index contributed by atoms with van der Waals surface area (Å²) in [6.07, 6.45) is 1.14. The lowest BCUT2D eigenvalue weighted by Gasteiger charge is -2.09. The van der Waals surface area contributed by atoms with E-state index in [0.717, 1.165) is 0 Å². The van der Waals surface area contributed by atoms with Gasteiger partial charge in [0.15, 0.2) is 0 Å². The van der Waals surface area contributed by atoms with E-state index in [1.165, 1.54) is 0 Å². The second-order valence-corrected chi connectivity index (χ2v) is 3.69. The second kappa shape index (κ2) is 3.20. The van der Waals surface area contributed by atoms with Crippen molar-refractivity contribution in [3.63, 3.8) is 0 Å². The fourth-order valence-electron chi connectivity index (χ4n) is 0.277. The van der Waals surface area contributed by atoms with Gasteiger partial charge in [-0.3, -0.25) is 4.21 Å². The van der Waals surface area contributed by atoms with Crippen LogP contribution in [0.4, 0.5) is 0 Å². The summed E-state index contributed by atoms with van der Waals surface area (Å²) in [6, 6.07) is 0. The molecule has 3 atom stereocenters. The minimum Gasteiger partial charge on any atom is -0.392 e. The lowest BCUT2D eigenvalue weighted by molar-refractivity contribution is 0.195. The number of aliphatic hydroxyl groups excluding tert-OH is 1. The van der Waals surface area contributed by atoms with Crippen molar-refractivity contribution in [3.8, 4) is 0 Å². The Balaban J connectivity index is 3.64. The zero-order valence-electron chi connectivity index (χ0n) is 5.42. The Labute approximate surface area is 52.4 Å². The van der Waals surface area contributed by atoms with E-state index in [2.05, 4.69) is 0 Å². The van der Waals surface area contributed by atoms with Gasteiger partial charge in [0.25, 0.3) is 0 Å². The first-order valence-electron chi connectivity index (χ1n) is 2.56. The highest BCUT2D eigenvalue weighted by Gasteiger charge is 2.10. The number of hydrogen-bond donors (Lipinski definition) is 1. The summed E-state index contributed by atoms with van der Waals surface area (Å²) in [5, 5.41) is 8.70. The molecular formula is C5H12O2S. The van der Waals surface area contributed by atoms with Crippen molar-refractivity contribution < 1.29 is 9.32 Å². The molecule has 0 aromatic carbocycles. The summed E-state index contributed by atoms with van der Waals surface area (Å²) in [5.41, 5.74) is 0. The zero-order chi connectivity index (χ0) is 6.73. The highest BCUT2D eigenvalue weighted by Crippen LogP contribution is 1.97. The minimum atomic E-state index is -0.890. The Morgan fingerprint density at radius 1 is 1.50 bits per heavy atom. The van der Waals surface area contributed by atoms with E-state index in [9.17, 15) is 4.21 Å². The topological polar surface area (TPSA) is 37.3 Å². The van der Waals surface area contributed by atoms with Crippen molar-refractivity contribution in [3.05, 3.63) is 0 Å². The van der Waals surface area contributed by atoms with Crippen LogP contribution in [0.2, 0.25) is 0 Å². The van der Waals surface area contributed by atoms with Crippen LogP contribution in [-0.4, -0.2) is 26.9 Å². The van der Waals surface area contributed by atoms with E-state index in [0.29, 0.717) is 0 Å². The van der Waals surface area contributed by atoms with Gasteiger partial charge in [0, 0.05) is 17.1 Å². The van der Waals surface area contributed by atoms with Crippen LogP contribution in [-0.2, 0) is 10.8 Å². The van der Waals surface area contributed by atoms with E-state index in [1.807, 2.05) is 0 Å².